The number of imidazole rings is 1. The molecule has 0 spiro atoms. The highest BCUT2D eigenvalue weighted by molar-refractivity contribution is 5.81. The van der Waals surface area contributed by atoms with Crippen LogP contribution < -0.4 is 4.90 Å². The summed E-state index contributed by atoms with van der Waals surface area (Å²) >= 11 is 0. The van der Waals surface area contributed by atoms with Crippen LogP contribution in [0.1, 0.15) is 17.1 Å². The molecule has 5 heterocycles. The molecule has 0 N–H and O–H groups in total. The van der Waals surface area contributed by atoms with Crippen molar-refractivity contribution < 1.29 is 4.74 Å². The molecule has 0 amide bonds. The van der Waals surface area contributed by atoms with Crippen molar-refractivity contribution in [2.45, 2.75) is 0 Å². The van der Waals surface area contributed by atoms with Gasteiger partial charge in [0.15, 0.2) is 11.5 Å². The van der Waals surface area contributed by atoms with Crippen LogP contribution in [0.3, 0.4) is 0 Å². The van der Waals surface area contributed by atoms with Gasteiger partial charge in [0.25, 0.3) is 0 Å². The van der Waals surface area contributed by atoms with E-state index < -0.39 is 0 Å². The molecule has 1 aromatic carbocycles. The summed E-state index contributed by atoms with van der Waals surface area (Å²) in [5.74, 6) is 0.821. The highest BCUT2D eigenvalue weighted by Gasteiger charge is 2.19. The lowest BCUT2D eigenvalue weighted by Gasteiger charge is -2.28. The summed E-state index contributed by atoms with van der Waals surface area (Å²) in [6.45, 7) is 2.85. The van der Waals surface area contributed by atoms with Crippen LogP contribution in [0.4, 0.5) is 5.82 Å². The third-order valence-electron chi connectivity index (χ3n) is 6.02. The highest BCUT2D eigenvalue weighted by Crippen LogP contribution is 2.27. The summed E-state index contributed by atoms with van der Waals surface area (Å²) < 4.78 is 7.56. The molecule has 0 unspecified atom stereocenters. The number of para-hydroxylation sites is 1. The van der Waals surface area contributed by atoms with E-state index in [0.717, 1.165) is 58.1 Å². The molecule has 170 valence electrons. The second-order valence-corrected chi connectivity index (χ2v) is 8.23. The Morgan fingerprint density at radius 2 is 1.74 bits per heavy atom. The zero-order chi connectivity index (χ0) is 23.6. The molecule has 35 heavy (non-hydrogen) atoms. The van der Waals surface area contributed by atoms with Crippen molar-refractivity contribution >= 4 is 34.5 Å². The Labute approximate surface area is 201 Å². The van der Waals surface area contributed by atoms with Gasteiger partial charge in [0.2, 0.25) is 0 Å². The van der Waals surface area contributed by atoms with Crippen LogP contribution in [0, 0.1) is 11.3 Å². The predicted octanol–water partition coefficient (Wildman–Crippen LogP) is 4.22. The van der Waals surface area contributed by atoms with E-state index in [1.54, 1.807) is 12.3 Å². The van der Waals surface area contributed by atoms with Crippen molar-refractivity contribution in [3.8, 4) is 17.3 Å². The van der Waals surface area contributed by atoms with Gasteiger partial charge in [0.05, 0.1) is 42.0 Å². The van der Waals surface area contributed by atoms with Gasteiger partial charge < -0.3 is 9.64 Å². The van der Waals surface area contributed by atoms with Gasteiger partial charge in [-0.3, -0.25) is 4.40 Å². The van der Waals surface area contributed by atoms with Crippen molar-refractivity contribution in [1.82, 2.24) is 24.3 Å². The molecular weight excluding hydrogens is 438 g/mol. The Balaban J connectivity index is 1.43. The first-order valence-electron chi connectivity index (χ1n) is 11.4. The minimum Gasteiger partial charge on any atom is -0.378 e. The number of aromatic nitrogens is 5. The SMILES string of the molecule is N#Cc1ccc(-c2cnc(N3CCOCC3)c3nc(C=Cc4ccc5ccccc5n4)cn23)cn1. The van der Waals surface area contributed by atoms with E-state index in [1.165, 1.54) is 0 Å². The Kier molecular flexibility index (Phi) is 5.37. The second kappa shape index (κ2) is 8.97. The fourth-order valence-electron chi connectivity index (χ4n) is 4.23. The number of fused-ring (bicyclic) bond motifs is 2. The number of hydrogen-bond acceptors (Lipinski definition) is 7. The third-order valence-corrected chi connectivity index (χ3v) is 6.02. The molecule has 0 radical (unpaired) electrons. The largest absolute Gasteiger partial charge is 0.378 e. The van der Waals surface area contributed by atoms with Gasteiger partial charge in [-0.25, -0.2) is 19.9 Å². The van der Waals surface area contributed by atoms with Crippen molar-refractivity contribution in [3.63, 3.8) is 0 Å². The Morgan fingerprint density at radius 1 is 0.886 bits per heavy atom. The predicted molar refractivity (Wildman–Crippen MR) is 135 cm³/mol. The van der Waals surface area contributed by atoms with E-state index in [9.17, 15) is 0 Å². The van der Waals surface area contributed by atoms with Gasteiger partial charge in [-0.15, -0.1) is 0 Å². The number of nitrogens with zero attached hydrogens (tertiary/aromatic N) is 7. The Morgan fingerprint density at radius 3 is 2.57 bits per heavy atom. The summed E-state index contributed by atoms with van der Waals surface area (Å²) in [5, 5.41) is 10.2. The summed E-state index contributed by atoms with van der Waals surface area (Å²) in [5.41, 5.74) is 5.47. The van der Waals surface area contributed by atoms with Crippen LogP contribution >= 0.6 is 0 Å². The first kappa shape index (κ1) is 21.0. The van der Waals surface area contributed by atoms with E-state index in [-0.39, 0.29) is 0 Å². The summed E-state index contributed by atoms with van der Waals surface area (Å²) in [4.78, 5) is 20.8. The first-order valence-corrected chi connectivity index (χ1v) is 11.4. The van der Waals surface area contributed by atoms with E-state index in [1.807, 2.05) is 59.3 Å². The lowest BCUT2D eigenvalue weighted by Crippen LogP contribution is -2.37. The Hall–Kier alpha value is -4.61. The lowest BCUT2D eigenvalue weighted by molar-refractivity contribution is 0.122. The van der Waals surface area contributed by atoms with Gasteiger partial charge in [0.1, 0.15) is 11.8 Å². The average Bonchev–Trinajstić information content (AvgIpc) is 3.36. The van der Waals surface area contributed by atoms with Crippen LogP contribution in [-0.4, -0.2) is 50.6 Å². The molecule has 4 aromatic heterocycles. The second-order valence-electron chi connectivity index (χ2n) is 8.23. The molecule has 1 aliphatic rings. The summed E-state index contributed by atoms with van der Waals surface area (Å²) in [6.07, 6.45) is 9.46. The van der Waals surface area contributed by atoms with Gasteiger partial charge in [-0.2, -0.15) is 5.26 Å². The molecule has 6 rings (SSSR count). The molecule has 1 fully saturated rings. The third kappa shape index (κ3) is 4.09. The average molecular weight is 460 g/mol. The van der Waals surface area contributed by atoms with Crippen molar-refractivity contribution in [2.24, 2.45) is 0 Å². The number of rotatable bonds is 4. The molecule has 0 bridgehead atoms. The quantitative estimate of drug-likeness (QED) is 0.397. The monoisotopic (exact) mass is 459 g/mol. The molecule has 1 saturated heterocycles. The first-order chi connectivity index (χ1) is 17.3. The summed E-state index contributed by atoms with van der Waals surface area (Å²) in [7, 11) is 0. The maximum atomic E-state index is 9.10. The fourth-order valence-corrected chi connectivity index (χ4v) is 4.23. The minimum atomic E-state index is 0.375. The van der Waals surface area contributed by atoms with Crippen LogP contribution in [-0.2, 0) is 4.74 Å². The normalized spacial score (nSPS) is 14.1. The van der Waals surface area contributed by atoms with Crippen LogP contribution in [0.25, 0.3) is 40.0 Å². The molecule has 5 aromatic rings. The standard InChI is InChI=1S/C27H21N7O/c28-15-22-8-6-20(16-29-22)25-17-30-26(33-11-13-35-14-12-33)27-32-23(18-34(25)27)10-9-21-7-5-19-3-1-2-4-24(19)31-21/h1-10,16-18H,11-14H2. The molecule has 8 heteroatoms. The summed E-state index contributed by atoms with van der Waals surface area (Å²) in [6, 6.07) is 17.8. The maximum absolute atomic E-state index is 9.10. The number of anilines is 1. The Bertz CT molecular complexity index is 1590. The van der Waals surface area contributed by atoms with Gasteiger partial charge in [0, 0.05) is 36.4 Å². The highest BCUT2D eigenvalue weighted by atomic mass is 16.5. The van der Waals surface area contributed by atoms with E-state index in [4.69, 9.17) is 25.0 Å². The van der Waals surface area contributed by atoms with Crippen LogP contribution in [0.5, 0.6) is 0 Å². The van der Waals surface area contributed by atoms with Gasteiger partial charge in [-0.1, -0.05) is 24.3 Å². The number of pyridine rings is 2. The van der Waals surface area contributed by atoms with E-state index in [2.05, 4.69) is 28.1 Å². The van der Waals surface area contributed by atoms with Crippen molar-refractivity contribution in [1.29, 1.82) is 5.26 Å². The maximum Gasteiger partial charge on any atom is 0.181 e. The molecule has 8 nitrogen and oxygen atoms in total. The van der Waals surface area contributed by atoms with Gasteiger partial charge >= 0.3 is 0 Å². The number of ether oxygens (including phenoxy) is 1. The van der Waals surface area contributed by atoms with E-state index in [0.29, 0.717) is 18.9 Å². The van der Waals surface area contributed by atoms with E-state index >= 15 is 0 Å². The van der Waals surface area contributed by atoms with Crippen LogP contribution in [0.15, 0.2) is 67.1 Å². The number of nitriles is 1. The van der Waals surface area contributed by atoms with Crippen molar-refractivity contribution in [3.05, 3.63) is 84.2 Å². The van der Waals surface area contributed by atoms with Gasteiger partial charge in [-0.05, 0) is 36.4 Å². The molecule has 1 aliphatic heterocycles. The smallest absolute Gasteiger partial charge is 0.181 e. The zero-order valence-electron chi connectivity index (χ0n) is 18.9. The lowest BCUT2D eigenvalue weighted by atomic mass is 10.2. The number of hydrogen-bond donors (Lipinski definition) is 0. The number of benzene rings is 1. The topological polar surface area (TPSA) is 92.2 Å². The molecule has 0 aliphatic carbocycles. The molecule has 0 atom stereocenters. The molecule has 0 saturated carbocycles. The molecular formula is C27H21N7O. The fraction of sp³-hybridized carbons (Fsp3) is 0.148. The van der Waals surface area contributed by atoms with Crippen LogP contribution in [0.2, 0.25) is 0 Å². The van der Waals surface area contributed by atoms with Crippen molar-refractivity contribution in [2.75, 3.05) is 31.2 Å². The number of morpholine rings is 1. The minimum absolute atomic E-state index is 0.375. The zero-order valence-corrected chi connectivity index (χ0v) is 18.9.